The van der Waals surface area contributed by atoms with Crippen molar-refractivity contribution in [1.82, 2.24) is 19.9 Å². The van der Waals surface area contributed by atoms with E-state index in [1.54, 1.807) is 30.1 Å². The lowest BCUT2D eigenvalue weighted by molar-refractivity contribution is 0.0962. The lowest BCUT2D eigenvalue weighted by Gasteiger charge is -2.30. The molecule has 0 spiro atoms. The zero-order chi connectivity index (χ0) is 22.2. The fraction of sp³-hybridized carbons (Fsp3) is 0.500. The van der Waals surface area contributed by atoms with Crippen LogP contribution in [0, 0.1) is 17.8 Å². The molecular weight excluding hydrogens is 406 g/mol. The zero-order valence-corrected chi connectivity index (χ0v) is 18.7. The first-order chi connectivity index (χ1) is 15.5. The third-order valence-corrected chi connectivity index (χ3v) is 6.84. The lowest BCUT2D eigenvalue weighted by Crippen LogP contribution is -2.32. The fourth-order valence-corrected chi connectivity index (χ4v) is 4.91. The molecular formula is C24H29N5O3. The highest BCUT2D eigenvalue weighted by atomic mass is 16.5. The van der Waals surface area contributed by atoms with E-state index in [2.05, 4.69) is 29.2 Å². The molecule has 3 heterocycles. The Kier molecular flexibility index (Phi) is 5.45. The van der Waals surface area contributed by atoms with E-state index in [0.717, 1.165) is 30.6 Å². The van der Waals surface area contributed by atoms with Crippen LogP contribution in [0.5, 0.6) is 0 Å². The Morgan fingerprint density at radius 3 is 2.81 bits per heavy atom. The van der Waals surface area contributed by atoms with Crippen LogP contribution in [0.25, 0.3) is 5.65 Å². The van der Waals surface area contributed by atoms with Crippen molar-refractivity contribution in [3.05, 3.63) is 53.8 Å². The maximum atomic E-state index is 12.9. The number of fused-ring (bicyclic) bond motifs is 2. The first kappa shape index (κ1) is 20.7. The molecule has 1 aliphatic heterocycles. The van der Waals surface area contributed by atoms with Gasteiger partial charge in [-0.15, -0.1) is 0 Å². The summed E-state index contributed by atoms with van der Waals surface area (Å²) in [7, 11) is 1.59. The average molecular weight is 436 g/mol. The predicted octanol–water partition coefficient (Wildman–Crippen LogP) is 3.52. The molecule has 168 valence electrons. The van der Waals surface area contributed by atoms with E-state index in [1.165, 1.54) is 19.0 Å². The number of aromatic nitrogens is 3. The summed E-state index contributed by atoms with van der Waals surface area (Å²) in [6.07, 6.45) is 13.2. The third kappa shape index (κ3) is 3.78. The molecule has 1 fully saturated rings. The second-order valence-electron chi connectivity index (χ2n) is 9.11. The number of methoxy groups -OCH3 is 1. The summed E-state index contributed by atoms with van der Waals surface area (Å²) in [4.78, 5) is 22.1. The summed E-state index contributed by atoms with van der Waals surface area (Å²) in [6, 6.07) is 1.64. The van der Waals surface area contributed by atoms with Crippen molar-refractivity contribution in [2.75, 3.05) is 7.11 Å². The Labute approximate surface area is 187 Å². The molecule has 1 amide bonds. The molecule has 5 rings (SSSR count). The topological polar surface area (TPSA) is 90.1 Å². The molecule has 2 aromatic heterocycles. The summed E-state index contributed by atoms with van der Waals surface area (Å²) in [6.45, 7) is 4.62. The SMILES string of the molecule is COC1=CC2N=C(C3CCC(C(C)C)CC3)OC2C=C1NC(=O)c1cnn2cccnc12. The monoisotopic (exact) mass is 435 g/mol. The molecule has 2 aromatic rings. The highest BCUT2D eigenvalue weighted by molar-refractivity contribution is 6.00. The predicted molar refractivity (Wildman–Crippen MR) is 120 cm³/mol. The number of hydrogen-bond donors (Lipinski definition) is 1. The molecule has 32 heavy (non-hydrogen) atoms. The lowest BCUT2D eigenvalue weighted by atomic mass is 9.77. The van der Waals surface area contributed by atoms with Gasteiger partial charge in [0, 0.05) is 18.3 Å². The molecule has 1 N–H and O–H groups in total. The Balaban J connectivity index is 1.30. The number of nitrogens with one attached hydrogen (secondary N) is 1. The maximum Gasteiger partial charge on any atom is 0.261 e. The summed E-state index contributed by atoms with van der Waals surface area (Å²) >= 11 is 0. The standard InChI is InChI=1S/C24H29N5O3/c1-14(2)15-5-7-16(8-6-15)24-28-19-11-20(31-3)18(12-21(19)32-24)27-23(30)17-13-26-29-10-4-9-25-22(17)29/h4,9-16,19,21H,5-8H2,1-3H3,(H,27,30). The number of carbonyl (C=O) groups is 1. The molecule has 2 atom stereocenters. The van der Waals surface area contributed by atoms with Gasteiger partial charge in [0.05, 0.1) is 19.0 Å². The van der Waals surface area contributed by atoms with E-state index in [0.29, 0.717) is 28.6 Å². The van der Waals surface area contributed by atoms with Gasteiger partial charge in [0.2, 0.25) is 0 Å². The van der Waals surface area contributed by atoms with Crippen LogP contribution in [0.2, 0.25) is 0 Å². The van der Waals surface area contributed by atoms with Crippen molar-refractivity contribution in [2.45, 2.75) is 51.7 Å². The molecule has 0 radical (unpaired) electrons. The molecule has 3 aliphatic rings. The van der Waals surface area contributed by atoms with E-state index >= 15 is 0 Å². The van der Waals surface area contributed by atoms with E-state index in [4.69, 9.17) is 14.5 Å². The van der Waals surface area contributed by atoms with Gasteiger partial charge in [-0.25, -0.2) is 14.5 Å². The maximum absolute atomic E-state index is 12.9. The largest absolute Gasteiger partial charge is 0.495 e. The smallest absolute Gasteiger partial charge is 0.261 e. The third-order valence-electron chi connectivity index (χ3n) is 6.84. The molecule has 0 bridgehead atoms. The molecule has 8 heteroatoms. The highest BCUT2D eigenvalue weighted by Gasteiger charge is 2.37. The molecule has 2 aliphatic carbocycles. The normalized spacial score (nSPS) is 27.3. The Morgan fingerprint density at radius 2 is 2.06 bits per heavy atom. The summed E-state index contributed by atoms with van der Waals surface area (Å²) in [5.41, 5.74) is 1.48. The van der Waals surface area contributed by atoms with Crippen molar-refractivity contribution in [3.63, 3.8) is 0 Å². The number of aliphatic imine (C=N–C) groups is 1. The van der Waals surface area contributed by atoms with Crippen molar-refractivity contribution in [3.8, 4) is 0 Å². The number of carbonyl (C=O) groups excluding carboxylic acids is 1. The minimum atomic E-state index is -0.294. The van der Waals surface area contributed by atoms with Crippen molar-refractivity contribution in [2.24, 2.45) is 22.7 Å². The first-order valence-corrected chi connectivity index (χ1v) is 11.4. The van der Waals surface area contributed by atoms with Crippen LogP contribution in [0.15, 0.2) is 53.3 Å². The Morgan fingerprint density at radius 1 is 1.25 bits per heavy atom. The van der Waals surface area contributed by atoms with Gasteiger partial charge in [-0.05, 0) is 55.7 Å². The van der Waals surface area contributed by atoms with E-state index < -0.39 is 0 Å². The van der Waals surface area contributed by atoms with Crippen LogP contribution in [0.4, 0.5) is 0 Å². The van der Waals surface area contributed by atoms with Crippen LogP contribution >= 0.6 is 0 Å². The van der Waals surface area contributed by atoms with Gasteiger partial charge in [0.15, 0.2) is 11.5 Å². The van der Waals surface area contributed by atoms with Crippen LogP contribution in [-0.2, 0) is 9.47 Å². The van der Waals surface area contributed by atoms with E-state index in [9.17, 15) is 4.79 Å². The van der Waals surface area contributed by atoms with Crippen molar-refractivity contribution < 1.29 is 14.3 Å². The Bertz CT molecular complexity index is 1110. The second kappa shape index (κ2) is 8.41. The van der Waals surface area contributed by atoms with Crippen LogP contribution in [-0.4, -0.2) is 45.7 Å². The quantitative estimate of drug-likeness (QED) is 0.776. The van der Waals surface area contributed by atoms with Gasteiger partial charge < -0.3 is 14.8 Å². The number of hydrogen-bond acceptors (Lipinski definition) is 6. The Hall–Kier alpha value is -3.16. The number of nitrogens with zero attached hydrogens (tertiary/aromatic N) is 4. The second-order valence-corrected chi connectivity index (χ2v) is 9.11. The molecule has 0 aromatic carbocycles. The highest BCUT2D eigenvalue weighted by Crippen LogP contribution is 2.37. The first-order valence-electron chi connectivity index (χ1n) is 11.4. The molecule has 8 nitrogen and oxygen atoms in total. The fourth-order valence-electron chi connectivity index (χ4n) is 4.91. The van der Waals surface area contributed by atoms with Gasteiger partial charge in [0.1, 0.15) is 23.5 Å². The molecule has 2 unspecified atom stereocenters. The molecule has 0 saturated heterocycles. The number of ether oxygens (including phenoxy) is 2. The molecule has 1 saturated carbocycles. The van der Waals surface area contributed by atoms with Crippen molar-refractivity contribution >= 4 is 17.5 Å². The van der Waals surface area contributed by atoms with E-state index in [-0.39, 0.29) is 18.1 Å². The van der Waals surface area contributed by atoms with Crippen LogP contribution in [0.1, 0.15) is 49.9 Å². The van der Waals surface area contributed by atoms with Crippen molar-refractivity contribution in [1.29, 1.82) is 0 Å². The van der Waals surface area contributed by atoms with E-state index in [1.807, 2.05) is 12.2 Å². The summed E-state index contributed by atoms with van der Waals surface area (Å²) < 4.78 is 13.4. The van der Waals surface area contributed by atoms with Gasteiger partial charge in [-0.1, -0.05) is 13.8 Å². The summed E-state index contributed by atoms with van der Waals surface area (Å²) in [5, 5.41) is 7.13. The van der Waals surface area contributed by atoms with Gasteiger partial charge >= 0.3 is 0 Å². The average Bonchev–Trinajstić information content (AvgIpc) is 3.42. The number of rotatable bonds is 5. The number of amides is 1. The minimum Gasteiger partial charge on any atom is -0.495 e. The van der Waals surface area contributed by atoms with Crippen LogP contribution < -0.4 is 5.32 Å². The van der Waals surface area contributed by atoms with Crippen LogP contribution in [0.3, 0.4) is 0 Å². The van der Waals surface area contributed by atoms with Gasteiger partial charge in [-0.2, -0.15) is 5.10 Å². The van der Waals surface area contributed by atoms with Gasteiger partial charge in [0.25, 0.3) is 5.91 Å². The minimum absolute atomic E-state index is 0.123. The summed E-state index contributed by atoms with van der Waals surface area (Å²) in [5.74, 6) is 3.05. The van der Waals surface area contributed by atoms with Gasteiger partial charge in [-0.3, -0.25) is 4.79 Å². The zero-order valence-electron chi connectivity index (χ0n) is 18.7.